The van der Waals surface area contributed by atoms with Crippen molar-refractivity contribution in [3.8, 4) is 0 Å². The second-order valence-electron chi connectivity index (χ2n) is 4.14. The summed E-state index contributed by atoms with van der Waals surface area (Å²) in [5.41, 5.74) is 16.1. The van der Waals surface area contributed by atoms with Crippen LogP contribution < -0.4 is 17.2 Å². The molecule has 6 N–H and O–H groups in total. The summed E-state index contributed by atoms with van der Waals surface area (Å²) in [6.07, 6.45) is 1.94. The van der Waals surface area contributed by atoms with Gasteiger partial charge in [-0.1, -0.05) is 6.42 Å². The van der Waals surface area contributed by atoms with Gasteiger partial charge in [0.1, 0.15) is 12.6 Å². The van der Waals surface area contributed by atoms with E-state index < -0.39 is 18.0 Å². The van der Waals surface area contributed by atoms with Gasteiger partial charge in [0.2, 0.25) is 0 Å². The molecule has 0 fully saturated rings. The van der Waals surface area contributed by atoms with Crippen molar-refractivity contribution in [2.45, 2.75) is 25.3 Å². The van der Waals surface area contributed by atoms with Crippen LogP contribution in [0.5, 0.6) is 0 Å². The Kier molecular flexibility index (Phi) is 12.3. The Morgan fingerprint density at radius 2 is 1.65 bits per heavy atom. The van der Waals surface area contributed by atoms with Crippen LogP contribution in [0.25, 0.3) is 0 Å². The third-order valence-corrected chi connectivity index (χ3v) is 2.34. The zero-order valence-electron chi connectivity index (χ0n) is 11.7. The molecular formula is C12H25N3O5. The van der Waals surface area contributed by atoms with Gasteiger partial charge in [0.25, 0.3) is 0 Å². The van der Waals surface area contributed by atoms with Crippen LogP contribution in [0.1, 0.15) is 19.3 Å². The Morgan fingerprint density at radius 3 is 2.30 bits per heavy atom. The minimum absolute atomic E-state index is 0.228. The van der Waals surface area contributed by atoms with Gasteiger partial charge in [-0.2, -0.15) is 0 Å². The summed E-state index contributed by atoms with van der Waals surface area (Å²) in [6, 6.07) is -0.807. The molecule has 0 aromatic carbocycles. The van der Waals surface area contributed by atoms with Gasteiger partial charge < -0.3 is 31.4 Å². The van der Waals surface area contributed by atoms with Crippen molar-refractivity contribution in [3.63, 3.8) is 0 Å². The van der Waals surface area contributed by atoms with Crippen molar-refractivity contribution in [1.82, 2.24) is 0 Å². The average Bonchev–Trinajstić information content (AvgIpc) is 2.42. The van der Waals surface area contributed by atoms with E-state index in [0.717, 1.165) is 12.8 Å². The first-order valence-electron chi connectivity index (χ1n) is 6.67. The Hall–Kier alpha value is -1.06. The molecule has 0 aromatic rings. The standard InChI is InChI=1S/C12H25N3O5/c13-4-2-1-3-10(15)12(17)20-11(16)9-19-8-7-18-6-5-14/h10H,1-9,13-15H2/t10-/m0/s1. The monoisotopic (exact) mass is 291 g/mol. The van der Waals surface area contributed by atoms with Crippen molar-refractivity contribution in [1.29, 1.82) is 0 Å². The van der Waals surface area contributed by atoms with E-state index in [1.54, 1.807) is 0 Å². The third kappa shape index (κ3) is 10.8. The van der Waals surface area contributed by atoms with Crippen molar-refractivity contribution < 1.29 is 23.8 Å². The van der Waals surface area contributed by atoms with Crippen molar-refractivity contribution in [2.24, 2.45) is 17.2 Å². The van der Waals surface area contributed by atoms with Gasteiger partial charge in [-0.25, -0.2) is 9.59 Å². The van der Waals surface area contributed by atoms with E-state index in [1.165, 1.54) is 0 Å². The van der Waals surface area contributed by atoms with Crippen molar-refractivity contribution in [2.75, 3.05) is 39.5 Å². The van der Waals surface area contributed by atoms with Crippen LogP contribution in [0.15, 0.2) is 0 Å². The topological polar surface area (TPSA) is 140 Å². The molecule has 0 aliphatic carbocycles. The molecule has 0 aliphatic heterocycles. The predicted molar refractivity (Wildman–Crippen MR) is 72.7 cm³/mol. The minimum atomic E-state index is -0.807. The number of unbranched alkanes of at least 4 members (excludes halogenated alkanes) is 1. The van der Waals surface area contributed by atoms with Gasteiger partial charge in [0.15, 0.2) is 0 Å². The molecule has 118 valence electrons. The van der Waals surface area contributed by atoms with Gasteiger partial charge in [-0.3, -0.25) is 0 Å². The van der Waals surface area contributed by atoms with Gasteiger partial charge in [-0.15, -0.1) is 0 Å². The largest absolute Gasteiger partial charge is 0.390 e. The van der Waals surface area contributed by atoms with E-state index in [4.69, 9.17) is 26.7 Å². The maximum Gasteiger partial charge on any atom is 0.339 e. The molecule has 20 heavy (non-hydrogen) atoms. The average molecular weight is 291 g/mol. The first kappa shape index (κ1) is 18.9. The highest BCUT2D eigenvalue weighted by Gasteiger charge is 2.18. The fourth-order valence-corrected chi connectivity index (χ4v) is 1.30. The van der Waals surface area contributed by atoms with E-state index >= 15 is 0 Å². The molecule has 0 aliphatic rings. The Balaban J connectivity index is 3.60. The van der Waals surface area contributed by atoms with Crippen LogP contribution in [0, 0.1) is 0 Å². The molecule has 0 amide bonds. The lowest BCUT2D eigenvalue weighted by molar-refractivity contribution is -0.164. The lowest BCUT2D eigenvalue weighted by atomic mass is 10.1. The summed E-state index contributed by atoms with van der Waals surface area (Å²) in [5.74, 6) is -1.50. The number of esters is 2. The van der Waals surface area contributed by atoms with Crippen LogP contribution in [-0.4, -0.2) is 57.5 Å². The molecule has 8 nitrogen and oxygen atoms in total. The Bertz CT molecular complexity index is 276. The number of nitrogens with two attached hydrogens (primary N) is 3. The summed E-state index contributed by atoms with van der Waals surface area (Å²) in [4.78, 5) is 22.7. The Labute approximate surface area is 118 Å². The van der Waals surface area contributed by atoms with E-state index in [0.29, 0.717) is 32.7 Å². The molecule has 8 heteroatoms. The maximum atomic E-state index is 11.4. The van der Waals surface area contributed by atoms with Gasteiger partial charge in [0.05, 0.1) is 19.8 Å². The second-order valence-corrected chi connectivity index (χ2v) is 4.14. The first-order valence-corrected chi connectivity index (χ1v) is 6.67. The summed E-state index contributed by atoms with van der Waals surface area (Å²) in [7, 11) is 0. The summed E-state index contributed by atoms with van der Waals surface area (Å²) in [6.45, 7) is 1.65. The lowest BCUT2D eigenvalue weighted by Gasteiger charge is -2.10. The highest BCUT2D eigenvalue weighted by molar-refractivity contribution is 5.88. The van der Waals surface area contributed by atoms with Crippen LogP contribution >= 0.6 is 0 Å². The smallest absolute Gasteiger partial charge is 0.339 e. The van der Waals surface area contributed by atoms with Gasteiger partial charge >= 0.3 is 11.9 Å². The van der Waals surface area contributed by atoms with Crippen molar-refractivity contribution in [3.05, 3.63) is 0 Å². The minimum Gasteiger partial charge on any atom is -0.390 e. The van der Waals surface area contributed by atoms with Gasteiger partial charge in [0, 0.05) is 6.54 Å². The van der Waals surface area contributed by atoms with Crippen LogP contribution in [0.3, 0.4) is 0 Å². The van der Waals surface area contributed by atoms with E-state index in [-0.39, 0.29) is 13.2 Å². The van der Waals surface area contributed by atoms with E-state index in [1.807, 2.05) is 0 Å². The van der Waals surface area contributed by atoms with E-state index in [2.05, 4.69) is 4.74 Å². The molecule has 0 unspecified atom stereocenters. The molecule has 0 heterocycles. The van der Waals surface area contributed by atoms with Crippen LogP contribution in [0.2, 0.25) is 0 Å². The fourth-order valence-electron chi connectivity index (χ4n) is 1.30. The maximum absolute atomic E-state index is 11.4. The number of hydrogen-bond acceptors (Lipinski definition) is 8. The van der Waals surface area contributed by atoms with E-state index in [9.17, 15) is 9.59 Å². The van der Waals surface area contributed by atoms with Crippen LogP contribution in [-0.2, 0) is 23.8 Å². The number of ether oxygens (including phenoxy) is 3. The fraction of sp³-hybridized carbons (Fsp3) is 0.833. The molecule has 0 spiro atoms. The predicted octanol–water partition coefficient (Wildman–Crippen LogP) is -1.50. The summed E-state index contributed by atoms with van der Waals surface area (Å²) in [5, 5.41) is 0. The lowest BCUT2D eigenvalue weighted by Crippen LogP contribution is -2.34. The molecule has 0 saturated carbocycles. The SMILES string of the molecule is NCCCC[C@H](N)C(=O)OC(=O)COCCOCCN. The zero-order chi connectivity index (χ0) is 15.2. The summed E-state index contributed by atoms with van der Waals surface area (Å²) >= 11 is 0. The second kappa shape index (κ2) is 12.9. The number of rotatable bonds is 12. The normalized spacial score (nSPS) is 12.2. The molecule has 0 bridgehead atoms. The first-order chi connectivity index (χ1) is 9.61. The third-order valence-electron chi connectivity index (χ3n) is 2.34. The molecule has 0 rings (SSSR count). The molecule has 0 radical (unpaired) electrons. The quantitative estimate of drug-likeness (QED) is 0.224. The number of carbonyl (C=O) groups excluding carboxylic acids is 2. The van der Waals surface area contributed by atoms with Crippen LogP contribution in [0.4, 0.5) is 0 Å². The highest BCUT2D eigenvalue weighted by Crippen LogP contribution is 2.00. The molecule has 1 atom stereocenters. The number of carbonyl (C=O) groups is 2. The zero-order valence-corrected chi connectivity index (χ0v) is 11.7. The highest BCUT2D eigenvalue weighted by atomic mass is 16.6. The molecule has 0 aromatic heterocycles. The molecular weight excluding hydrogens is 266 g/mol. The summed E-state index contributed by atoms with van der Waals surface area (Å²) < 4.78 is 14.6. The van der Waals surface area contributed by atoms with Crippen molar-refractivity contribution >= 4 is 11.9 Å². The number of hydrogen-bond donors (Lipinski definition) is 3. The molecule has 0 saturated heterocycles. The Morgan fingerprint density at radius 1 is 0.950 bits per heavy atom. The van der Waals surface area contributed by atoms with Gasteiger partial charge in [-0.05, 0) is 19.4 Å².